The number of hydrogen-bond acceptors (Lipinski definition) is 8. The van der Waals surface area contributed by atoms with Crippen LogP contribution >= 0.6 is 0 Å². The Balaban J connectivity index is 1.50. The highest BCUT2D eigenvalue weighted by atomic mass is 16.6. The molecule has 42 heavy (non-hydrogen) atoms. The van der Waals surface area contributed by atoms with Crippen molar-refractivity contribution in [2.24, 2.45) is 5.73 Å². The summed E-state index contributed by atoms with van der Waals surface area (Å²) in [6, 6.07) is 11.3. The number of fused-ring (bicyclic) bond motifs is 1. The molecule has 0 aromatic heterocycles. The van der Waals surface area contributed by atoms with Crippen LogP contribution in [0.4, 0.5) is 10.5 Å². The summed E-state index contributed by atoms with van der Waals surface area (Å²) in [5, 5.41) is 2.73. The Morgan fingerprint density at radius 1 is 1.02 bits per heavy atom. The predicted molar refractivity (Wildman–Crippen MR) is 153 cm³/mol. The van der Waals surface area contributed by atoms with Gasteiger partial charge >= 0.3 is 6.09 Å². The van der Waals surface area contributed by atoms with Crippen LogP contribution in [0.25, 0.3) is 0 Å². The van der Waals surface area contributed by atoms with Crippen LogP contribution in [0, 0.1) is 0 Å². The molecule has 0 aliphatic carbocycles. The quantitative estimate of drug-likeness (QED) is 0.458. The van der Waals surface area contributed by atoms with Crippen LogP contribution in [-0.2, 0) is 25.5 Å². The average molecular weight is 583 g/mol. The first-order valence-corrected chi connectivity index (χ1v) is 13.7. The van der Waals surface area contributed by atoms with Crippen molar-refractivity contribution in [3.63, 3.8) is 0 Å². The summed E-state index contributed by atoms with van der Waals surface area (Å²) in [4.78, 5) is 54.1. The maximum absolute atomic E-state index is 13.7. The van der Waals surface area contributed by atoms with E-state index >= 15 is 0 Å². The smallest absolute Gasteiger partial charge is 0.410 e. The lowest BCUT2D eigenvalue weighted by atomic mass is 10.0. The van der Waals surface area contributed by atoms with Gasteiger partial charge in [-0.1, -0.05) is 6.07 Å². The van der Waals surface area contributed by atoms with E-state index in [0.717, 1.165) is 5.56 Å². The number of anilines is 1. The lowest BCUT2D eigenvalue weighted by Gasteiger charge is -2.40. The molecular weight excluding hydrogens is 544 g/mol. The number of nitrogens with one attached hydrogen (secondary N) is 1. The van der Waals surface area contributed by atoms with Crippen molar-refractivity contribution >= 4 is 29.5 Å². The number of methoxy groups -OCH3 is 2. The van der Waals surface area contributed by atoms with Gasteiger partial charge in [0.05, 0.1) is 39.3 Å². The summed E-state index contributed by atoms with van der Waals surface area (Å²) >= 11 is 0. The summed E-state index contributed by atoms with van der Waals surface area (Å²) < 4.78 is 22.4. The number of morpholine rings is 1. The molecule has 2 aromatic carbocycles. The van der Waals surface area contributed by atoms with Crippen molar-refractivity contribution in [3.8, 4) is 11.5 Å². The molecule has 4 rings (SSSR count). The highest BCUT2D eigenvalue weighted by molar-refractivity contribution is 5.97. The third-order valence-corrected chi connectivity index (χ3v) is 7.10. The van der Waals surface area contributed by atoms with Crippen LogP contribution in [-0.4, -0.2) is 91.3 Å². The van der Waals surface area contributed by atoms with Gasteiger partial charge in [-0.3, -0.25) is 14.4 Å². The highest BCUT2D eigenvalue weighted by Gasteiger charge is 2.49. The molecule has 2 aromatic rings. The molecule has 0 radical (unpaired) electrons. The number of primary amides is 1. The van der Waals surface area contributed by atoms with E-state index in [1.807, 2.05) is 12.1 Å². The molecule has 2 fully saturated rings. The number of ether oxygens (including phenoxy) is 4. The lowest BCUT2D eigenvalue weighted by molar-refractivity contribution is -0.168. The fraction of sp³-hybridized carbons (Fsp3) is 0.467. The number of carbonyl (C=O) groups excluding carboxylic acids is 4. The van der Waals surface area contributed by atoms with Crippen molar-refractivity contribution in [2.45, 2.75) is 57.5 Å². The average Bonchev–Trinajstić information content (AvgIpc) is 3.36. The van der Waals surface area contributed by atoms with Crippen LogP contribution in [0.3, 0.4) is 0 Å². The van der Waals surface area contributed by atoms with E-state index in [9.17, 15) is 19.2 Å². The fourth-order valence-electron chi connectivity index (χ4n) is 5.08. The molecule has 3 unspecified atom stereocenters. The molecule has 2 aliphatic heterocycles. The van der Waals surface area contributed by atoms with Gasteiger partial charge in [-0.2, -0.15) is 0 Å². The molecule has 12 heteroatoms. The number of benzene rings is 2. The van der Waals surface area contributed by atoms with Gasteiger partial charge in [-0.25, -0.2) is 4.79 Å². The molecule has 0 spiro atoms. The van der Waals surface area contributed by atoms with E-state index < -0.39 is 41.8 Å². The first kappa shape index (κ1) is 30.6. The maximum atomic E-state index is 13.7. The Morgan fingerprint density at radius 3 is 2.33 bits per heavy atom. The van der Waals surface area contributed by atoms with Crippen molar-refractivity contribution in [1.29, 1.82) is 0 Å². The standard InChI is InChI=1S/C30H38N4O8/c1-30(2,3)42-29(38)33-16-21-25(17-33)41-24(15-26(35)32-20-9-7-19(8-10-20)27(31)36)28(37)34(21)13-12-18-6-11-22(39-4)23(14-18)40-5/h6-11,14,21,24-25H,12-13,15-17H2,1-5H3,(H2,31,36)(H,32,35). The van der Waals surface area contributed by atoms with E-state index in [1.165, 1.54) is 12.1 Å². The Hall–Kier alpha value is -4.32. The number of nitrogens with two attached hydrogens (primary N) is 1. The minimum atomic E-state index is -1.04. The molecule has 3 atom stereocenters. The van der Waals surface area contributed by atoms with E-state index in [4.69, 9.17) is 24.7 Å². The zero-order chi connectivity index (χ0) is 30.6. The Kier molecular flexibility index (Phi) is 9.25. The summed E-state index contributed by atoms with van der Waals surface area (Å²) in [6.07, 6.45) is -1.74. The summed E-state index contributed by atoms with van der Waals surface area (Å²) in [6.45, 7) is 6.20. The van der Waals surface area contributed by atoms with Crippen LogP contribution in [0.5, 0.6) is 11.5 Å². The zero-order valence-corrected chi connectivity index (χ0v) is 24.5. The largest absolute Gasteiger partial charge is 0.493 e. The van der Waals surface area contributed by atoms with Crippen LogP contribution in [0.1, 0.15) is 43.1 Å². The topological polar surface area (TPSA) is 150 Å². The molecule has 3 N–H and O–H groups in total. The molecule has 0 bridgehead atoms. The summed E-state index contributed by atoms with van der Waals surface area (Å²) in [5.41, 5.74) is 6.30. The molecule has 226 valence electrons. The van der Waals surface area contributed by atoms with E-state index in [1.54, 1.807) is 63.0 Å². The van der Waals surface area contributed by atoms with Crippen LogP contribution in [0.15, 0.2) is 42.5 Å². The van der Waals surface area contributed by atoms with Gasteiger partial charge in [-0.15, -0.1) is 0 Å². The third-order valence-electron chi connectivity index (χ3n) is 7.10. The van der Waals surface area contributed by atoms with Gasteiger partial charge in [0, 0.05) is 24.3 Å². The van der Waals surface area contributed by atoms with Crippen LogP contribution in [0.2, 0.25) is 0 Å². The zero-order valence-electron chi connectivity index (χ0n) is 24.5. The summed E-state index contributed by atoms with van der Waals surface area (Å²) in [7, 11) is 3.12. The number of amides is 4. The second kappa shape index (κ2) is 12.7. The van der Waals surface area contributed by atoms with Gasteiger partial charge in [0.25, 0.3) is 5.91 Å². The SMILES string of the molecule is COc1ccc(CCN2C(=O)C(CC(=O)Nc3ccc(C(N)=O)cc3)OC3CN(C(=O)OC(C)(C)C)CC32)cc1OC. The van der Waals surface area contributed by atoms with Gasteiger partial charge in [0.15, 0.2) is 11.5 Å². The van der Waals surface area contributed by atoms with E-state index in [0.29, 0.717) is 35.7 Å². The first-order valence-electron chi connectivity index (χ1n) is 13.7. The van der Waals surface area contributed by atoms with Crippen molar-refractivity contribution in [2.75, 3.05) is 39.2 Å². The van der Waals surface area contributed by atoms with E-state index in [2.05, 4.69) is 5.32 Å². The first-order chi connectivity index (χ1) is 19.9. The highest BCUT2D eigenvalue weighted by Crippen LogP contribution is 2.31. The van der Waals surface area contributed by atoms with Crippen molar-refractivity contribution < 1.29 is 38.1 Å². The molecular formula is C30H38N4O8. The van der Waals surface area contributed by atoms with Gasteiger partial charge in [0.2, 0.25) is 11.8 Å². The number of hydrogen-bond donors (Lipinski definition) is 2. The number of carbonyl (C=O) groups is 4. The van der Waals surface area contributed by atoms with Crippen molar-refractivity contribution in [1.82, 2.24) is 9.80 Å². The number of rotatable bonds is 9. The Bertz CT molecular complexity index is 1320. The third kappa shape index (κ3) is 7.30. The normalized spacial score (nSPS) is 20.1. The lowest BCUT2D eigenvalue weighted by Crippen LogP contribution is -2.59. The molecule has 0 saturated carbocycles. The summed E-state index contributed by atoms with van der Waals surface area (Å²) in [5.74, 6) is -0.157. The minimum absolute atomic E-state index is 0.223. The van der Waals surface area contributed by atoms with Gasteiger partial charge in [-0.05, 0) is 69.2 Å². The maximum Gasteiger partial charge on any atom is 0.410 e. The van der Waals surface area contributed by atoms with E-state index in [-0.39, 0.29) is 25.4 Å². The monoisotopic (exact) mass is 582 g/mol. The molecule has 12 nitrogen and oxygen atoms in total. The minimum Gasteiger partial charge on any atom is -0.493 e. The predicted octanol–water partition coefficient (Wildman–Crippen LogP) is 2.59. The molecule has 2 heterocycles. The fourth-order valence-corrected chi connectivity index (χ4v) is 5.08. The second-order valence-electron chi connectivity index (χ2n) is 11.3. The Morgan fingerprint density at radius 2 is 1.71 bits per heavy atom. The Labute approximate surface area is 245 Å². The van der Waals surface area contributed by atoms with Gasteiger partial charge < -0.3 is 39.8 Å². The molecule has 4 amide bonds. The molecule has 2 aliphatic rings. The van der Waals surface area contributed by atoms with Crippen LogP contribution < -0.4 is 20.5 Å². The number of nitrogens with zero attached hydrogens (tertiary/aromatic N) is 2. The number of likely N-dealkylation sites (tertiary alicyclic amines) is 1. The van der Waals surface area contributed by atoms with Gasteiger partial charge in [0.1, 0.15) is 11.7 Å². The molecule has 2 saturated heterocycles. The van der Waals surface area contributed by atoms with Crippen molar-refractivity contribution in [3.05, 3.63) is 53.6 Å². The second-order valence-corrected chi connectivity index (χ2v) is 11.3.